The molecule has 0 aliphatic carbocycles. The van der Waals surface area contributed by atoms with E-state index < -0.39 is 0 Å². The first-order chi connectivity index (χ1) is 14.0. The molecule has 0 radical (unpaired) electrons. The first-order valence-corrected chi connectivity index (χ1v) is 15.3. The van der Waals surface area contributed by atoms with E-state index in [9.17, 15) is 0 Å². The number of benzene rings is 2. The molecule has 2 aromatic rings. The second-order valence-electron chi connectivity index (χ2n) is 8.38. The second kappa shape index (κ2) is 18.5. The minimum atomic E-state index is 0.323. The van der Waals surface area contributed by atoms with Gasteiger partial charge in [0.2, 0.25) is 0 Å². The molecular formula is C24H34Cl2Pd2S2. The molecular weight excluding hydrogens is 636 g/mol. The summed E-state index contributed by atoms with van der Waals surface area (Å²) >= 11 is 8.40. The van der Waals surface area contributed by atoms with Crippen LogP contribution in [0.15, 0.2) is 48.5 Å². The first kappa shape index (κ1) is 33.2. The molecule has 0 amide bonds. The van der Waals surface area contributed by atoms with Gasteiger partial charge in [0.15, 0.2) is 0 Å². The Balaban J connectivity index is 0. The zero-order valence-electron chi connectivity index (χ0n) is 19.0. The molecule has 2 atom stereocenters. The van der Waals surface area contributed by atoms with Gasteiger partial charge in [-0.05, 0) is 0 Å². The molecule has 0 aliphatic heterocycles. The molecule has 0 aliphatic rings. The molecule has 6 heteroatoms. The number of hydrogen-bond acceptors (Lipinski definition) is 2. The summed E-state index contributed by atoms with van der Waals surface area (Å²) in [6.45, 7) is 18.0. The number of rotatable bonds is 4. The van der Waals surface area contributed by atoms with Gasteiger partial charge in [0.25, 0.3) is 0 Å². The van der Waals surface area contributed by atoms with Crippen LogP contribution in [0.3, 0.4) is 0 Å². The molecule has 0 nitrogen and oxygen atoms in total. The van der Waals surface area contributed by atoms with Crippen LogP contribution in [-0.4, -0.2) is 9.49 Å². The Hall–Kier alpha value is 1.04. The predicted molar refractivity (Wildman–Crippen MR) is 134 cm³/mol. The molecule has 0 spiro atoms. The van der Waals surface area contributed by atoms with Gasteiger partial charge in [0, 0.05) is 20.0 Å². The van der Waals surface area contributed by atoms with Gasteiger partial charge in [-0.25, -0.2) is 0 Å². The molecule has 0 bridgehead atoms. The third kappa shape index (κ3) is 18.6. The Bertz CT molecular complexity index is 570. The van der Waals surface area contributed by atoms with Crippen molar-refractivity contribution < 1.29 is 36.4 Å². The van der Waals surface area contributed by atoms with Gasteiger partial charge in [-0.2, -0.15) is 84.2 Å². The molecule has 0 heterocycles. The fourth-order valence-electron chi connectivity index (χ4n) is 2.51. The van der Waals surface area contributed by atoms with Crippen molar-refractivity contribution in [1.82, 2.24) is 0 Å². The molecule has 2 unspecified atom stereocenters. The zero-order valence-corrected chi connectivity index (χ0v) is 25.2. The quantitative estimate of drug-likeness (QED) is 0.235. The molecule has 0 saturated heterocycles. The molecule has 0 saturated carbocycles. The summed E-state index contributed by atoms with van der Waals surface area (Å²) < 4.78 is 0.645. The number of hydrogen-bond donors (Lipinski definition) is 0. The summed E-state index contributed by atoms with van der Waals surface area (Å²) in [7, 11) is 8.98. The molecule has 0 N–H and O–H groups in total. The summed E-state index contributed by atoms with van der Waals surface area (Å²) in [5.74, 6) is 0. The summed E-state index contributed by atoms with van der Waals surface area (Å²) in [6, 6.07) is 23.0. The fourth-order valence-corrected chi connectivity index (χ4v) is 5.18. The second-order valence-corrected chi connectivity index (χ2v) is 12.7. The summed E-state index contributed by atoms with van der Waals surface area (Å²) in [5, 5.41) is 1.06. The van der Waals surface area contributed by atoms with Crippen LogP contribution in [0.25, 0.3) is 0 Å². The summed E-state index contributed by atoms with van der Waals surface area (Å²) in [6.07, 6.45) is 0. The van der Waals surface area contributed by atoms with E-state index in [0.717, 1.165) is 0 Å². The Morgan fingerprint density at radius 3 is 1.17 bits per heavy atom. The van der Waals surface area contributed by atoms with Gasteiger partial charge in [-0.1, -0.05) is 55.4 Å². The standard InChI is InChI=1S/2C12H17S.2ClH.2Pd/c2*1-10(13-12(2,3)4)11-8-6-5-7-9-11;;;;/h2*5-8,10H,1-4H3;2*1H;;/q2*-1;;;2*+2/p-2. The van der Waals surface area contributed by atoms with Crippen molar-refractivity contribution >= 4 is 42.6 Å². The SMILES string of the molecule is CC(SC(C)(C)C)c1[c-]cccc1.CC(SC(C)(C)C)c1[c-]cccc1.[Cl][Pd+].[Cl][Pd+]. The third-order valence-corrected chi connectivity index (χ3v) is 6.03. The van der Waals surface area contributed by atoms with Crippen molar-refractivity contribution in [3.05, 3.63) is 71.8 Å². The van der Waals surface area contributed by atoms with E-state index in [1.165, 1.54) is 11.1 Å². The van der Waals surface area contributed by atoms with Crippen LogP contribution in [-0.2, 0) is 36.4 Å². The van der Waals surface area contributed by atoms with Crippen molar-refractivity contribution in [2.75, 3.05) is 0 Å². The Kier molecular flexibility index (Phi) is 20.5. The van der Waals surface area contributed by atoms with E-state index in [4.69, 9.17) is 0 Å². The van der Waals surface area contributed by atoms with Crippen LogP contribution >= 0.6 is 42.6 Å². The van der Waals surface area contributed by atoms with Gasteiger partial charge in [0.1, 0.15) is 0 Å². The predicted octanol–water partition coefficient (Wildman–Crippen LogP) is 9.53. The van der Waals surface area contributed by atoms with Gasteiger partial charge in [-0.15, -0.1) is 11.1 Å². The normalized spacial score (nSPS) is 12.7. The fraction of sp³-hybridized carbons (Fsp3) is 0.500. The van der Waals surface area contributed by atoms with E-state index >= 15 is 0 Å². The summed E-state index contributed by atoms with van der Waals surface area (Å²) in [5.41, 5.74) is 2.59. The Morgan fingerprint density at radius 1 is 0.667 bits per heavy atom. The van der Waals surface area contributed by atoms with Gasteiger partial charge in [-0.3, -0.25) is 0 Å². The van der Waals surface area contributed by atoms with Crippen molar-refractivity contribution in [2.45, 2.75) is 75.4 Å². The summed E-state index contributed by atoms with van der Waals surface area (Å²) in [4.78, 5) is 0. The maximum atomic E-state index is 4.49. The van der Waals surface area contributed by atoms with E-state index in [1.807, 2.05) is 47.8 Å². The Labute approximate surface area is 224 Å². The van der Waals surface area contributed by atoms with Crippen molar-refractivity contribution in [2.24, 2.45) is 0 Å². The maximum absolute atomic E-state index is 4.49. The van der Waals surface area contributed by atoms with E-state index in [-0.39, 0.29) is 0 Å². The van der Waals surface area contributed by atoms with E-state index in [0.29, 0.717) is 20.0 Å². The van der Waals surface area contributed by atoms with Crippen molar-refractivity contribution in [3.63, 3.8) is 0 Å². The molecule has 0 fully saturated rings. The molecule has 30 heavy (non-hydrogen) atoms. The van der Waals surface area contributed by atoms with Crippen molar-refractivity contribution in [1.29, 1.82) is 0 Å². The van der Waals surface area contributed by atoms with Gasteiger partial charge < -0.3 is 0 Å². The van der Waals surface area contributed by atoms with Crippen LogP contribution in [0.4, 0.5) is 0 Å². The third-order valence-electron chi connectivity index (χ3n) is 3.40. The van der Waals surface area contributed by atoms with Crippen LogP contribution in [0.1, 0.15) is 77.0 Å². The van der Waals surface area contributed by atoms with Gasteiger partial charge >= 0.3 is 55.4 Å². The van der Waals surface area contributed by atoms with Crippen LogP contribution in [0.5, 0.6) is 0 Å². The topological polar surface area (TPSA) is 0 Å². The Morgan fingerprint density at radius 2 is 0.967 bits per heavy atom. The number of halogens is 2. The van der Waals surface area contributed by atoms with Crippen molar-refractivity contribution in [3.8, 4) is 0 Å². The van der Waals surface area contributed by atoms with E-state index in [2.05, 4.69) is 147 Å². The van der Waals surface area contributed by atoms with Crippen LogP contribution < -0.4 is 0 Å². The molecule has 176 valence electrons. The van der Waals surface area contributed by atoms with Crippen LogP contribution in [0.2, 0.25) is 0 Å². The molecule has 2 rings (SSSR count). The first-order valence-electron chi connectivity index (χ1n) is 9.51. The molecule has 0 aromatic heterocycles. The van der Waals surface area contributed by atoms with E-state index in [1.54, 1.807) is 0 Å². The monoisotopic (exact) mass is 668 g/mol. The number of thioether (sulfide) groups is 2. The van der Waals surface area contributed by atoms with Gasteiger partial charge in [0.05, 0.1) is 0 Å². The minimum absolute atomic E-state index is 0.323. The van der Waals surface area contributed by atoms with Crippen LogP contribution in [0, 0.1) is 12.1 Å². The average molecular weight is 670 g/mol. The zero-order chi connectivity index (χ0) is 23.8. The average Bonchev–Trinajstić information content (AvgIpc) is 2.70. The molecule has 2 aromatic carbocycles.